The molecule has 158 valence electrons. The Hall–Kier alpha value is -3.55. The Balaban J connectivity index is 1.67. The molecule has 1 aliphatic rings. The van der Waals surface area contributed by atoms with Gasteiger partial charge in [0.2, 0.25) is 0 Å². The molecule has 0 bridgehead atoms. The van der Waals surface area contributed by atoms with E-state index in [1.807, 2.05) is 41.2 Å². The highest BCUT2D eigenvalue weighted by atomic mass is 19.4. The zero-order valence-corrected chi connectivity index (χ0v) is 16.9. The number of nitrogens with one attached hydrogen (secondary N) is 1. The second kappa shape index (κ2) is 6.73. The molecule has 5 nitrogen and oxygen atoms in total. The predicted octanol–water partition coefficient (Wildman–Crippen LogP) is 4.87. The largest absolute Gasteiger partial charge is 0.416 e. The smallest absolute Gasteiger partial charge is 0.350 e. The van der Waals surface area contributed by atoms with E-state index in [0.29, 0.717) is 24.3 Å². The first-order valence-electron chi connectivity index (χ1n) is 9.90. The van der Waals surface area contributed by atoms with Crippen molar-refractivity contribution in [2.45, 2.75) is 26.6 Å². The second-order valence-electron chi connectivity index (χ2n) is 7.68. The predicted molar refractivity (Wildman–Crippen MR) is 111 cm³/mol. The lowest BCUT2D eigenvalue weighted by molar-refractivity contribution is -0.137. The molecule has 0 fully saturated rings. The van der Waals surface area contributed by atoms with Crippen LogP contribution in [-0.2, 0) is 12.7 Å². The van der Waals surface area contributed by atoms with Crippen LogP contribution in [0.25, 0.3) is 28.1 Å². The quantitative estimate of drug-likeness (QED) is 0.499. The summed E-state index contributed by atoms with van der Waals surface area (Å²) in [4.78, 5) is 17.2. The number of nitrogens with zero attached hydrogens (tertiary/aromatic N) is 3. The van der Waals surface area contributed by atoms with Crippen molar-refractivity contribution in [3.8, 4) is 17.1 Å². The Kier molecular flexibility index (Phi) is 4.22. The summed E-state index contributed by atoms with van der Waals surface area (Å²) in [6.07, 6.45) is -4.37. The minimum Gasteiger partial charge on any atom is -0.350 e. The Labute approximate surface area is 176 Å². The first kappa shape index (κ1) is 19.4. The van der Waals surface area contributed by atoms with E-state index in [-0.39, 0.29) is 5.91 Å². The zero-order valence-electron chi connectivity index (χ0n) is 16.9. The summed E-state index contributed by atoms with van der Waals surface area (Å²) in [6, 6.07) is 12.6. The summed E-state index contributed by atoms with van der Waals surface area (Å²) in [5.74, 6) is 0.622. The van der Waals surface area contributed by atoms with E-state index in [1.165, 1.54) is 12.1 Å². The van der Waals surface area contributed by atoms with Gasteiger partial charge in [0.1, 0.15) is 5.82 Å². The van der Waals surface area contributed by atoms with Crippen molar-refractivity contribution in [1.82, 2.24) is 19.4 Å². The molecule has 3 heterocycles. The number of hydrogen-bond acceptors (Lipinski definition) is 2. The zero-order chi connectivity index (χ0) is 21.9. The molecule has 1 aliphatic heterocycles. The molecule has 2 aromatic heterocycles. The van der Waals surface area contributed by atoms with Crippen LogP contribution in [0, 0.1) is 13.8 Å². The number of rotatable bonds is 2. The number of amides is 1. The van der Waals surface area contributed by atoms with E-state index in [0.717, 1.165) is 45.9 Å². The van der Waals surface area contributed by atoms with Crippen LogP contribution in [-0.4, -0.2) is 26.6 Å². The van der Waals surface area contributed by atoms with Crippen molar-refractivity contribution < 1.29 is 18.0 Å². The van der Waals surface area contributed by atoms with Gasteiger partial charge in [0.05, 0.1) is 22.2 Å². The van der Waals surface area contributed by atoms with Crippen LogP contribution in [0.5, 0.6) is 0 Å². The number of carbonyl (C=O) groups excluding carboxylic acids is 1. The fourth-order valence-electron chi connectivity index (χ4n) is 4.35. The first-order chi connectivity index (χ1) is 14.8. The third-order valence-corrected chi connectivity index (χ3v) is 5.76. The van der Waals surface area contributed by atoms with Crippen LogP contribution < -0.4 is 5.32 Å². The normalized spacial score (nSPS) is 14.0. The van der Waals surface area contributed by atoms with Gasteiger partial charge >= 0.3 is 6.18 Å². The monoisotopic (exact) mass is 424 g/mol. The summed E-state index contributed by atoms with van der Waals surface area (Å²) in [7, 11) is 0. The third kappa shape index (κ3) is 3.01. The van der Waals surface area contributed by atoms with Gasteiger partial charge in [-0.25, -0.2) is 4.98 Å². The van der Waals surface area contributed by atoms with Crippen LogP contribution in [0.3, 0.4) is 0 Å². The third-order valence-electron chi connectivity index (χ3n) is 5.76. The molecule has 8 heteroatoms. The number of para-hydroxylation sites is 1. The number of hydrogen-bond donors (Lipinski definition) is 1. The Morgan fingerprint density at radius 2 is 1.77 bits per heavy atom. The van der Waals surface area contributed by atoms with Gasteiger partial charge < -0.3 is 14.5 Å². The molecule has 5 rings (SSSR count). The summed E-state index contributed by atoms with van der Waals surface area (Å²) in [6.45, 7) is 4.91. The van der Waals surface area contributed by atoms with Crippen molar-refractivity contribution in [1.29, 1.82) is 0 Å². The highest BCUT2D eigenvalue weighted by Gasteiger charge is 2.30. The molecule has 0 spiro atoms. The molecule has 1 N–H and O–H groups in total. The molecule has 0 saturated heterocycles. The Bertz CT molecular complexity index is 1330. The minimum absolute atomic E-state index is 0.119. The number of alkyl halides is 3. The lowest BCUT2D eigenvalue weighted by Crippen LogP contribution is -2.24. The van der Waals surface area contributed by atoms with Crippen LogP contribution in [0.1, 0.15) is 27.3 Å². The lowest BCUT2D eigenvalue weighted by Gasteiger charge is -2.12. The highest BCUT2D eigenvalue weighted by molar-refractivity contribution is 6.06. The summed E-state index contributed by atoms with van der Waals surface area (Å²) in [5.41, 5.74) is 4.74. The fraction of sp³-hybridized carbons (Fsp3) is 0.217. The average molecular weight is 424 g/mol. The molecule has 4 aromatic rings. The molecule has 0 radical (unpaired) electrons. The van der Waals surface area contributed by atoms with E-state index in [2.05, 4.69) is 5.32 Å². The number of aromatic nitrogens is 3. The van der Waals surface area contributed by atoms with E-state index in [9.17, 15) is 18.0 Å². The van der Waals surface area contributed by atoms with Crippen LogP contribution >= 0.6 is 0 Å². The van der Waals surface area contributed by atoms with Gasteiger partial charge in [-0.05, 0) is 56.3 Å². The molecule has 31 heavy (non-hydrogen) atoms. The van der Waals surface area contributed by atoms with Gasteiger partial charge in [0.15, 0.2) is 0 Å². The lowest BCUT2D eigenvalue weighted by atomic mass is 10.1. The second-order valence-corrected chi connectivity index (χ2v) is 7.68. The van der Waals surface area contributed by atoms with Crippen molar-refractivity contribution >= 4 is 16.9 Å². The van der Waals surface area contributed by atoms with Crippen molar-refractivity contribution in [2.24, 2.45) is 0 Å². The van der Waals surface area contributed by atoms with Gasteiger partial charge in [-0.1, -0.05) is 6.07 Å². The topological polar surface area (TPSA) is 51.9 Å². The van der Waals surface area contributed by atoms with Crippen LogP contribution in [0.4, 0.5) is 13.2 Å². The Morgan fingerprint density at radius 1 is 1.03 bits per heavy atom. The summed E-state index contributed by atoms with van der Waals surface area (Å²) >= 11 is 0. The Morgan fingerprint density at radius 3 is 2.48 bits per heavy atom. The molecular weight excluding hydrogens is 405 g/mol. The molecule has 2 aromatic carbocycles. The van der Waals surface area contributed by atoms with Crippen molar-refractivity contribution in [2.75, 3.05) is 6.54 Å². The number of carbonyl (C=O) groups is 1. The number of benzene rings is 2. The first-order valence-corrected chi connectivity index (χ1v) is 9.90. The minimum atomic E-state index is -4.37. The van der Waals surface area contributed by atoms with Crippen LogP contribution in [0.2, 0.25) is 0 Å². The van der Waals surface area contributed by atoms with Crippen LogP contribution in [0.15, 0.2) is 48.5 Å². The maximum absolute atomic E-state index is 12.9. The molecule has 0 saturated carbocycles. The van der Waals surface area contributed by atoms with E-state index in [1.54, 1.807) is 6.07 Å². The van der Waals surface area contributed by atoms with Gasteiger partial charge in [-0.15, -0.1) is 0 Å². The summed E-state index contributed by atoms with van der Waals surface area (Å²) < 4.78 is 42.8. The number of imidazole rings is 1. The standard InChI is InChI=1S/C23H19F3N4O/c1-13-12-18(14(2)30(13)16-8-6-15(7-9-16)23(24,25)26)21-28-19-5-3-4-17-20(19)29(21)11-10-27-22(17)31/h3-9,12H,10-11H2,1-2H3,(H,27,31). The van der Waals surface area contributed by atoms with Gasteiger partial charge in [-0.2, -0.15) is 13.2 Å². The fourth-order valence-corrected chi connectivity index (χ4v) is 4.35. The maximum atomic E-state index is 12.9. The highest BCUT2D eigenvalue weighted by Crippen LogP contribution is 2.34. The molecule has 0 unspecified atom stereocenters. The van der Waals surface area contributed by atoms with E-state index < -0.39 is 11.7 Å². The molecule has 0 atom stereocenters. The average Bonchev–Trinajstić information content (AvgIpc) is 3.17. The van der Waals surface area contributed by atoms with E-state index >= 15 is 0 Å². The summed E-state index contributed by atoms with van der Waals surface area (Å²) in [5, 5.41) is 2.91. The number of halogens is 3. The van der Waals surface area contributed by atoms with Gasteiger partial charge in [0, 0.05) is 35.7 Å². The molecule has 1 amide bonds. The number of aryl methyl sites for hydroxylation is 1. The van der Waals surface area contributed by atoms with Crippen molar-refractivity contribution in [3.63, 3.8) is 0 Å². The van der Waals surface area contributed by atoms with Gasteiger partial charge in [-0.3, -0.25) is 4.79 Å². The molecule has 0 aliphatic carbocycles. The van der Waals surface area contributed by atoms with Gasteiger partial charge in [0.25, 0.3) is 5.91 Å². The maximum Gasteiger partial charge on any atom is 0.416 e. The van der Waals surface area contributed by atoms with E-state index in [4.69, 9.17) is 4.98 Å². The molecular formula is C23H19F3N4O. The SMILES string of the molecule is Cc1cc(-c2nc3cccc4c3n2CCNC4=O)c(C)n1-c1ccc(C(F)(F)F)cc1. The van der Waals surface area contributed by atoms with Crippen molar-refractivity contribution in [3.05, 3.63) is 71.0 Å².